The van der Waals surface area contributed by atoms with E-state index < -0.39 is 12.0 Å². The van der Waals surface area contributed by atoms with Crippen LogP contribution in [0.1, 0.15) is 5.56 Å². The van der Waals surface area contributed by atoms with E-state index in [4.69, 9.17) is 15.2 Å². The first-order chi connectivity index (χ1) is 7.05. The zero-order valence-electron chi connectivity index (χ0n) is 8.17. The first-order valence-corrected chi connectivity index (χ1v) is 4.50. The van der Waals surface area contributed by atoms with Crippen LogP contribution in [0.15, 0.2) is 18.2 Å². The molecule has 2 rings (SSSR count). The summed E-state index contributed by atoms with van der Waals surface area (Å²) in [5, 5.41) is 0. The number of benzene rings is 1. The number of halogens is 2. The number of fused-ring (bicyclic) bond motifs is 1. The molecule has 0 fully saturated rings. The van der Waals surface area contributed by atoms with Crippen molar-refractivity contribution >= 4 is 0 Å². The molecule has 1 atom stereocenters. The van der Waals surface area contributed by atoms with Crippen molar-refractivity contribution in [2.75, 3.05) is 13.7 Å². The highest BCUT2D eigenvalue weighted by atomic mass is 19.3. The molecule has 1 aromatic rings. The minimum absolute atomic E-state index is 0.169. The van der Waals surface area contributed by atoms with Crippen molar-refractivity contribution in [3.05, 3.63) is 23.8 Å². The Kier molecular flexibility index (Phi) is 2.26. The first-order valence-electron chi connectivity index (χ1n) is 4.50. The molecule has 0 radical (unpaired) electrons. The van der Waals surface area contributed by atoms with Gasteiger partial charge in [0.25, 0.3) is 5.92 Å². The topological polar surface area (TPSA) is 44.5 Å². The first kappa shape index (κ1) is 10.2. The van der Waals surface area contributed by atoms with Gasteiger partial charge in [0.1, 0.15) is 24.1 Å². The Hall–Kier alpha value is -1.36. The van der Waals surface area contributed by atoms with Gasteiger partial charge in [0.05, 0.1) is 12.7 Å². The van der Waals surface area contributed by atoms with E-state index in [0.29, 0.717) is 5.75 Å². The molecule has 0 amide bonds. The molecule has 1 heterocycles. The second-order valence-electron chi connectivity index (χ2n) is 3.40. The Balaban J connectivity index is 2.51. The van der Waals surface area contributed by atoms with Gasteiger partial charge in [0.2, 0.25) is 0 Å². The molecule has 2 N–H and O–H groups in total. The van der Waals surface area contributed by atoms with E-state index >= 15 is 0 Å². The van der Waals surface area contributed by atoms with Gasteiger partial charge in [-0.05, 0) is 18.2 Å². The summed E-state index contributed by atoms with van der Waals surface area (Å²) < 4.78 is 37.3. The fourth-order valence-electron chi connectivity index (χ4n) is 1.51. The largest absolute Gasteiger partial charge is 0.497 e. The van der Waals surface area contributed by atoms with Crippen LogP contribution in [-0.2, 0) is 5.92 Å². The standard InChI is InChI=1S/C10H11F2NO2/c1-14-6-2-3-8-7(4-6)10(11,12)9(13)5-15-8/h2-4,9H,5,13H2,1H3. The summed E-state index contributed by atoms with van der Waals surface area (Å²) in [5.41, 5.74) is 5.10. The normalized spacial score (nSPS) is 22.8. The van der Waals surface area contributed by atoms with Crippen LogP contribution in [0.4, 0.5) is 8.78 Å². The molecule has 3 nitrogen and oxygen atoms in total. The van der Waals surface area contributed by atoms with Gasteiger partial charge in [-0.1, -0.05) is 0 Å². The number of nitrogens with two attached hydrogens (primary N) is 1. The lowest BCUT2D eigenvalue weighted by atomic mass is 9.98. The third-order valence-corrected chi connectivity index (χ3v) is 2.43. The van der Waals surface area contributed by atoms with Crippen molar-refractivity contribution < 1.29 is 18.3 Å². The Bertz CT molecular complexity index is 382. The van der Waals surface area contributed by atoms with E-state index in [9.17, 15) is 8.78 Å². The molecule has 1 aliphatic rings. The molecule has 1 unspecified atom stereocenters. The van der Waals surface area contributed by atoms with Gasteiger partial charge in [-0.25, -0.2) is 0 Å². The maximum absolute atomic E-state index is 13.6. The average molecular weight is 215 g/mol. The highest BCUT2D eigenvalue weighted by molar-refractivity contribution is 5.45. The molecular weight excluding hydrogens is 204 g/mol. The van der Waals surface area contributed by atoms with Crippen molar-refractivity contribution in [3.63, 3.8) is 0 Å². The number of hydrogen-bond acceptors (Lipinski definition) is 3. The highest BCUT2D eigenvalue weighted by Crippen LogP contribution is 2.42. The number of ether oxygens (including phenoxy) is 2. The number of methoxy groups -OCH3 is 1. The van der Waals surface area contributed by atoms with Crippen LogP contribution in [0.3, 0.4) is 0 Å². The fourth-order valence-corrected chi connectivity index (χ4v) is 1.51. The van der Waals surface area contributed by atoms with Crippen molar-refractivity contribution in [1.82, 2.24) is 0 Å². The van der Waals surface area contributed by atoms with Crippen LogP contribution in [-0.4, -0.2) is 19.8 Å². The minimum Gasteiger partial charge on any atom is -0.497 e. The summed E-state index contributed by atoms with van der Waals surface area (Å²) in [6, 6.07) is 2.99. The lowest BCUT2D eigenvalue weighted by Gasteiger charge is -2.31. The fraction of sp³-hybridized carbons (Fsp3) is 0.400. The molecule has 0 saturated heterocycles. The Morgan fingerprint density at radius 2 is 2.27 bits per heavy atom. The molecule has 0 spiro atoms. The molecule has 15 heavy (non-hydrogen) atoms. The Labute approximate surface area is 85.8 Å². The lowest BCUT2D eigenvalue weighted by Crippen LogP contribution is -2.46. The molecule has 1 aromatic carbocycles. The van der Waals surface area contributed by atoms with Crippen LogP contribution in [0.5, 0.6) is 11.5 Å². The van der Waals surface area contributed by atoms with E-state index in [1.54, 1.807) is 6.07 Å². The predicted molar refractivity (Wildman–Crippen MR) is 50.4 cm³/mol. The quantitative estimate of drug-likeness (QED) is 0.772. The predicted octanol–water partition coefficient (Wildman–Crippen LogP) is 1.51. The molecular formula is C10H11F2NO2. The van der Waals surface area contributed by atoms with Gasteiger partial charge in [-0.3, -0.25) is 0 Å². The summed E-state index contributed by atoms with van der Waals surface area (Å²) in [6.45, 7) is -0.174. The lowest BCUT2D eigenvalue weighted by molar-refractivity contribution is -0.0596. The van der Waals surface area contributed by atoms with Crippen LogP contribution >= 0.6 is 0 Å². The summed E-state index contributed by atoms with van der Waals surface area (Å²) in [6.07, 6.45) is 0. The van der Waals surface area contributed by atoms with Crippen LogP contribution in [0.25, 0.3) is 0 Å². The van der Waals surface area contributed by atoms with Gasteiger partial charge < -0.3 is 15.2 Å². The number of rotatable bonds is 1. The van der Waals surface area contributed by atoms with Gasteiger partial charge in [-0.2, -0.15) is 8.78 Å². The molecule has 0 saturated carbocycles. The van der Waals surface area contributed by atoms with E-state index in [1.165, 1.54) is 19.2 Å². The molecule has 0 aromatic heterocycles. The summed E-state index contributed by atoms with van der Waals surface area (Å²) in [4.78, 5) is 0. The monoisotopic (exact) mass is 215 g/mol. The maximum atomic E-state index is 13.6. The SMILES string of the molecule is COc1ccc2c(c1)C(F)(F)C(N)CO2. The van der Waals surface area contributed by atoms with E-state index in [1.807, 2.05) is 0 Å². The zero-order chi connectivity index (χ0) is 11.1. The molecule has 0 aliphatic carbocycles. The summed E-state index contributed by atoms with van der Waals surface area (Å²) >= 11 is 0. The minimum atomic E-state index is -3.07. The third-order valence-electron chi connectivity index (χ3n) is 2.43. The number of alkyl halides is 2. The van der Waals surface area contributed by atoms with Crippen LogP contribution < -0.4 is 15.2 Å². The van der Waals surface area contributed by atoms with Gasteiger partial charge in [0.15, 0.2) is 0 Å². The Morgan fingerprint density at radius 1 is 1.53 bits per heavy atom. The van der Waals surface area contributed by atoms with Crippen LogP contribution in [0, 0.1) is 0 Å². The molecule has 0 bridgehead atoms. The van der Waals surface area contributed by atoms with E-state index in [2.05, 4.69) is 0 Å². The van der Waals surface area contributed by atoms with E-state index in [-0.39, 0.29) is 17.9 Å². The second-order valence-corrected chi connectivity index (χ2v) is 3.40. The second kappa shape index (κ2) is 3.34. The molecule has 5 heteroatoms. The zero-order valence-corrected chi connectivity index (χ0v) is 8.17. The summed E-state index contributed by atoms with van der Waals surface area (Å²) in [5.74, 6) is -2.53. The maximum Gasteiger partial charge on any atom is 0.295 e. The average Bonchev–Trinajstić information content (AvgIpc) is 2.24. The molecule has 82 valence electrons. The van der Waals surface area contributed by atoms with Gasteiger partial charge in [0, 0.05) is 0 Å². The highest BCUT2D eigenvalue weighted by Gasteiger charge is 2.45. The van der Waals surface area contributed by atoms with Crippen molar-refractivity contribution in [2.24, 2.45) is 5.73 Å². The van der Waals surface area contributed by atoms with Crippen molar-refractivity contribution in [3.8, 4) is 11.5 Å². The van der Waals surface area contributed by atoms with Crippen LogP contribution in [0.2, 0.25) is 0 Å². The third kappa shape index (κ3) is 1.52. The molecule has 1 aliphatic heterocycles. The smallest absolute Gasteiger partial charge is 0.295 e. The van der Waals surface area contributed by atoms with Gasteiger partial charge in [-0.15, -0.1) is 0 Å². The van der Waals surface area contributed by atoms with Crippen molar-refractivity contribution in [1.29, 1.82) is 0 Å². The van der Waals surface area contributed by atoms with Crippen molar-refractivity contribution in [2.45, 2.75) is 12.0 Å². The summed E-state index contributed by atoms with van der Waals surface area (Å²) in [7, 11) is 1.42. The number of hydrogen-bond donors (Lipinski definition) is 1. The Morgan fingerprint density at radius 3 is 2.93 bits per heavy atom. The van der Waals surface area contributed by atoms with Gasteiger partial charge >= 0.3 is 0 Å². The van der Waals surface area contributed by atoms with E-state index in [0.717, 1.165) is 0 Å².